The summed E-state index contributed by atoms with van der Waals surface area (Å²) in [5.74, 6) is 3.59. The molecule has 12 heavy (non-hydrogen) atoms. The molecule has 0 spiro atoms. The van der Waals surface area contributed by atoms with Gasteiger partial charge in [-0.25, -0.2) is 0 Å². The zero-order chi connectivity index (χ0) is 7.97. The van der Waals surface area contributed by atoms with Gasteiger partial charge in [-0.15, -0.1) is 0 Å². The van der Waals surface area contributed by atoms with Crippen molar-refractivity contribution in [3.63, 3.8) is 0 Å². The quantitative estimate of drug-likeness (QED) is 0.483. The van der Waals surface area contributed by atoms with Crippen molar-refractivity contribution in [3.8, 4) is 0 Å². The minimum atomic E-state index is 0.836. The van der Waals surface area contributed by atoms with E-state index in [2.05, 4.69) is 23.4 Å². The van der Waals surface area contributed by atoms with Crippen LogP contribution in [-0.2, 0) is 0 Å². The largest absolute Gasteiger partial charge is 0.297 e. The van der Waals surface area contributed by atoms with Gasteiger partial charge < -0.3 is 0 Å². The molecule has 0 radical (unpaired) electrons. The lowest BCUT2D eigenvalue weighted by molar-refractivity contribution is 0.355. The van der Waals surface area contributed by atoms with Gasteiger partial charge in [-0.05, 0) is 42.9 Å². The van der Waals surface area contributed by atoms with Gasteiger partial charge in [0.25, 0.3) is 0 Å². The zero-order valence-electron chi connectivity index (χ0n) is 7.32. The fourth-order valence-electron chi connectivity index (χ4n) is 3.24. The van der Waals surface area contributed by atoms with Gasteiger partial charge in [0.05, 0.1) is 0 Å². The van der Waals surface area contributed by atoms with E-state index in [0.29, 0.717) is 0 Å². The Morgan fingerprint density at radius 1 is 1.33 bits per heavy atom. The van der Waals surface area contributed by atoms with Gasteiger partial charge in [-0.3, -0.25) is 4.99 Å². The van der Waals surface area contributed by atoms with Crippen LogP contribution in [0.1, 0.15) is 19.3 Å². The summed E-state index contributed by atoms with van der Waals surface area (Å²) in [6.07, 6.45) is 11.2. The molecule has 1 fully saturated rings. The molecule has 0 aromatic carbocycles. The molecule has 4 unspecified atom stereocenters. The SMILES string of the molecule is C1=CC2C(CC1)CC1C=NCC12. The van der Waals surface area contributed by atoms with Crippen LogP contribution in [0.2, 0.25) is 0 Å². The highest BCUT2D eigenvalue weighted by Crippen LogP contribution is 2.47. The van der Waals surface area contributed by atoms with Crippen LogP contribution in [0.3, 0.4) is 0 Å². The molecular weight excluding hydrogens is 146 g/mol. The minimum absolute atomic E-state index is 0.836. The van der Waals surface area contributed by atoms with Crippen molar-refractivity contribution < 1.29 is 0 Å². The van der Waals surface area contributed by atoms with E-state index in [9.17, 15) is 0 Å². The molecule has 0 N–H and O–H groups in total. The lowest BCUT2D eigenvalue weighted by Crippen LogP contribution is -2.17. The van der Waals surface area contributed by atoms with E-state index < -0.39 is 0 Å². The number of hydrogen-bond acceptors (Lipinski definition) is 1. The third-order valence-corrected chi connectivity index (χ3v) is 3.84. The second-order valence-corrected chi connectivity index (χ2v) is 4.42. The van der Waals surface area contributed by atoms with Crippen LogP contribution in [-0.4, -0.2) is 12.8 Å². The molecule has 3 rings (SSSR count). The average molecular weight is 161 g/mol. The maximum Gasteiger partial charge on any atom is 0.0425 e. The maximum atomic E-state index is 4.40. The minimum Gasteiger partial charge on any atom is -0.297 e. The summed E-state index contributed by atoms with van der Waals surface area (Å²) >= 11 is 0. The highest BCUT2D eigenvalue weighted by Gasteiger charge is 2.43. The predicted molar refractivity (Wildman–Crippen MR) is 50.3 cm³/mol. The Bertz CT molecular complexity index is 241. The maximum absolute atomic E-state index is 4.40. The highest BCUT2D eigenvalue weighted by atomic mass is 14.8. The van der Waals surface area contributed by atoms with Crippen molar-refractivity contribution in [2.24, 2.45) is 28.7 Å². The average Bonchev–Trinajstić information content (AvgIpc) is 2.62. The molecule has 2 aliphatic carbocycles. The van der Waals surface area contributed by atoms with E-state index in [1.807, 2.05) is 0 Å². The first kappa shape index (κ1) is 6.88. The molecule has 1 saturated carbocycles. The number of aliphatic imine (C=N–C) groups is 1. The molecule has 0 amide bonds. The third-order valence-electron chi connectivity index (χ3n) is 3.84. The van der Waals surface area contributed by atoms with Gasteiger partial charge in [0.1, 0.15) is 0 Å². The van der Waals surface area contributed by atoms with Crippen molar-refractivity contribution in [2.75, 3.05) is 6.54 Å². The van der Waals surface area contributed by atoms with Gasteiger partial charge in [0, 0.05) is 12.8 Å². The van der Waals surface area contributed by atoms with Crippen molar-refractivity contribution in [1.29, 1.82) is 0 Å². The molecular formula is C11H15N. The van der Waals surface area contributed by atoms with Gasteiger partial charge in [-0.1, -0.05) is 12.2 Å². The summed E-state index contributed by atoms with van der Waals surface area (Å²) in [7, 11) is 0. The van der Waals surface area contributed by atoms with Crippen LogP contribution in [0.25, 0.3) is 0 Å². The third kappa shape index (κ3) is 0.825. The van der Waals surface area contributed by atoms with E-state index in [0.717, 1.165) is 30.2 Å². The molecule has 0 bridgehead atoms. The molecule has 4 atom stereocenters. The van der Waals surface area contributed by atoms with E-state index in [1.165, 1.54) is 19.3 Å². The van der Waals surface area contributed by atoms with Crippen molar-refractivity contribution in [2.45, 2.75) is 19.3 Å². The fraction of sp³-hybridized carbons (Fsp3) is 0.727. The highest BCUT2D eigenvalue weighted by molar-refractivity contribution is 5.64. The van der Waals surface area contributed by atoms with Crippen LogP contribution in [0.5, 0.6) is 0 Å². The molecule has 1 aliphatic heterocycles. The molecule has 0 saturated heterocycles. The second kappa shape index (κ2) is 2.45. The molecule has 1 heterocycles. The molecule has 1 heteroatoms. The Morgan fingerprint density at radius 3 is 3.33 bits per heavy atom. The van der Waals surface area contributed by atoms with Crippen LogP contribution in [0.4, 0.5) is 0 Å². The van der Waals surface area contributed by atoms with E-state index >= 15 is 0 Å². The number of allylic oxidation sites excluding steroid dienone is 2. The van der Waals surface area contributed by atoms with E-state index in [4.69, 9.17) is 0 Å². The summed E-state index contributed by atoms with van der Waals surface area (Å²) < 4.78 is 0. The Morgan fingerprint density at radius 2 is 2.33 bits per heavy atom. The first-order valence-electron chi connectivity index (χ1n) is 5.12. The summed E-state index contributed by atoms with van der Waals surface area (Å²) in [5, 5.41) is 0. The summed E-state index contributed by atoms with van der Waals surface area (Å²) in [6, 6.07) is 0. The van der Waals surface area contributed by atoms with Gasteiger partial charge in [0.2, 0.25) is 0 Å². The number of nitrogens with zero attached hydrogens (tertiary/aromatic N) is 1. The van der Waals surface area contributed by atoms with Crippen LogP contribution in [0.15, 0.2) is 17.1 Å². The lowest BCUT2D eigenvalue weighted by Gasteiger charge is -2.23. The topological polar surface area (TPSA) is 12.4 Å². The van der Waals surface area contributed by atoms with Crippen LogP contribution >= 0.6 is 0 Å². The second-order valence-electron chi connectivity index (χ2n) is 4.42. The lowest BCUT2D eigenvalue weighted by atomic mass is 9.82. The summed E-state index contributed by atoms with van der Waals surface area (Å²) in [4.78, 5) is 4.40. The van der Waals surface area contributed by atoms with E-state index in [-0.39, 0.29) is 0 Å². The fourth-order valence-corrected chi connectivity index (χ4v) is 3.24. The van der Waals surface area contributed by atoms with Crippen LogP contribution in [0, 0.1) is 23.7 Å². The Kier molecular flexibility index (Phi) is 1.40. The summed E-state index contributed by atoms with van der Waals surface area (Å²) in [5.41, 5.74) is 0. The summed E-state index contributed by atoms with van der Waals surface area (Å²) in [6.45, 7) is 1.11. The first-order valence-corrected chi connectivity index (χ1v) is 5.12. The van der Waals surface area contributed by atoms with Crippen molar-refractivity contribution in [3.05, 3.63) is 12.2 Å². The van der Waals surface area contributed by atoms with Gasteiger partial charge in [-0.2, -0.15) is 0 Å². The Balaban J connectivity index is 1.89. The Hall–Kier alpha value is -0.590. The normalized spacial score (nSPS) is 49.3. The molecule has 0 aromatic heterocycles. The predicted octanol–water partition coefficient (Wildman–Crippen LogP) is 2.29. The molecule has 0 aromatic rings. The van der Waals surface area contributed by atoms with E-state index in [1.54, 1.807) is 0 Å². The molecule has 3 aliphatic rings. The number of fused-ring (bicyclic) bond motifs is 3. The van der Waals surface area contributed by atoms with Gasteiger partial charge in [0.15, 0.2) is 0 Å². The standard InChI is InChI=1S/C11H15N/c1-2-4-10-8(3-1)5-9-6-12-7-11(9)10/h2,4,6,8-11H,1,3,5,7H2. The Labute approximate surface area is 73.6 Å². The molecule has 64 valence electrons. The van der Waals surface area contributed by atoms with Crippen molar-refractivity contribution in [1.82, 2.24) is 0 Å². The molecule has 1 nitrogen and oxygen atoms in total. The monoisotopic (exact) mass is 161 g/mol. The number of hydrogen-bond donors (Lipinski definition) is 0. The first-order chi connectivity index (χ1) is 5.95. The van der Waals surface area contributed by atoms with Crippen LogP contribution < -0.4 is 0 Å². The smallest absolute Gasteiger partial charge is 0.0425 e. The number of rotatable bonds is 0. The van der Waals surface area contributed by atoms with Crippen molar-refractivity contribution >= 4 is 6.21 Å². The van der Waals surface area contributed by atoms with Gasteiger partial charge >= 0.3 is 0 Å². The zero-order valence-corrected chi connectivity index (χ0v) is 7.32.